The van der Waals surface area contributed by atoms with Crippen molar-refractivity contribution < 1.29 is 17.9 Å². The number of rotatable bonds is 6. The molecule has 0 radical (unpaired) electrons. The molecule has 1 saturated heterocycles. The first-order chi connectivity index (χ1) is 11.9. The molecule has 8 heteroatoms. The van der Waals surface area contributed by atoms with E-state index in [9.17, 15) is 13.2 Å². The van der Waals surface area contributed by atoms with Crippen LogP contribution in [0.4, 0.5) is 0 Å². The van der Waals surface area contributed by atoms with Crippen LogP contribution in [0.15, 0.2) is 24.3 Å². The highest BCUT2D eigenvalue weighted by Crippen LogP contribution is 2.21. The Hall–Kier alpha value is -1.15. The fourth-order valence-corrected chi connectivity index (χ4v) is 4.61. The molecule has 0 N–H and O–H groups in total. The number of benzene rings is 1. The van der Waals surface area contributed by atoms with Gasteiger partial charge in [-0.1, -0.05) is 37.1 Å². The molecule has 0 spiro atoms. The van der Waals surface area contributed by atoms with Crippen LogP contribution in [0.3, 0.4) is 0 Å². The van der Waals surface area contributed by atoms with Crippen LogP contribution in [0.25, 0.3) is 0 Å². The number of ether oxygens (including phenoxy) is 1. The van der Waals surface area contributed by atoms with Gasteiger partial charge in [-0.2, -0.15) is 4.31 Å². The van der Waals surface area contributed by atoms with Gasteiger partial charge in [0.1, 0.15) is 6.04 Å². The van der Waals surface area contributed by atoms with Crippen molar-refractivity contribution in [1.82, 2.24) is 9.21 Å². The van der Waals surface area contributed by atoms with Crippen molar-refractivity contribution in [2.24, 2.45) is 0 Å². The number of nitrogens with zero attached hydrogens (tertiary/aromatic N) is 2. The molecule has 0 saturated carbocycles. The van der Waals surface area contributed by atoms with E-state index in [1.54, 1.807) is 24.3 Å². The largest absolute Gasteiger partial charge is 0.468 e. The lowest BCUT2D eigenvalue weighted by Crippen LogP contribution is -2.48. The fourth-order valence-electron chi connectivity index (χ4n) is 2.87. The first-order valence-electron chi connectivity index (χ1n) is 8.41. The lowest BCUT2D eigenvalue weighted by molar-refractivity contribution is -0.145. The van der Waals surface area contributed by atoms with Crippen molar-refractivity contribution >= 4 is 27.6 Å². The fraction of sp³-hybridized carbons (Fsp3) is 0.588. The molecule has 0 amide bonds. The minimum atomic E-state index is -3.57. The molecule has 1 fully saturated rings. The SMILES string of the molecule is CCCCN1CCS(=O)(=O)N(Cc2ccc(Cl)cc2)C(C(=O)OC)C1. The third-order valence-electron chi connectivity index (χ3n) is 4.35. The minimum Gasteiger partial charge on any atom is -0.468 e. The smallest absolute Gasteiger partial charge is 0.325 e. The van der Waals surface area contributed by atoms with Gasteiger partial charge < -0.3 is 9.64 Å². The number of halogens is 1. The Balaban J connectivity index is 2.29. The average Bonchev–Trinajstić information content (AvgIpc) is 2.71. The number of hydrogen-bond acceptors (Lipinski definition) is 5. The summed E-state index contributed by atoms with van der Waals surface area (Å²) in [5, 5.41) is 0.581. The zero-order valence-corrected chi connectivity index (χ0v) is 16.2. The molecule has 0 aliphatic carbocycles. The molecule has 25 heavy (non-hydrogen) atoms. The van der Waals surface area contributed by atoms with Gasteiger partial charge in [-0.25, -0.2) is 8.42 Å². The predicted molar refractivity (Wildman–Crippen MR) is 97.9 cm³/mol. The maximum Gasteiger partial charge on any atom is 0.325 e. The van der Waals surface area contributed by atoms with Crippen molar-refractivity contribution in [3.05, 3.63) is 34.9 Å². The molecular formula is C17H25ClN2O4S. The van der Waals surface area contributed by atoms with Gasteiger partial charge in [0.25, 0.3) is 0 Å². The Labute approximate surface area is 154 Å². The van der Waals surface area contributed by atoms with E-state index in [4.69, 9.17) is 16.3 Å². The molecule has 2 rings (SSSR count). The van der Waals surface area contributed by atoms with Crippen molar-refractivity contribution in [2.75, 3.05) is 32.5 Å². The average molecular weight is 389 g/mol. The lowest BCUT2D eigenvalue weighted by Gasteiger charge is -2.28. The number of methoxy groups -OCH3 is 1. The molecule has 1 aliphatic rings. The summed E-state index contributed by atoms with van der Waals surface area (Å²) in [5.41, 5.74) is 0.781. The molecule has 140 valence electrons. The first kappa shape index (κ1) is 20.2. The minimum absolute atomic E-state index is 0.00218. The second-order valence-electron chi connectivity index (χ2n) is 6.18. The molecule has 1 aromatic carbocycles. The van der Waals surface area contributed by atoms with Crippen molar-refractivity contribution in [2.45, 2.75) is 32.4 Å². The van der Waals surface area contributed by atoms with Gasteiger partial charge in [0.05, 0.1) is 12.9 Å². The van der Waals surface area contributed by atoms with E-state index < -0.39 is 22.0 Å². The maximum atomic E-state index is 12.8. The highest BCUT2D eigenvalue weighted by Gasteiger charge is 2.39. The summed E-state index contributed by atoms with van der Waals surface area (Å²) >= 11 is 5.89. The van der Waals surface area contributed by atoms with Crippen LogP contribution in [0.2, 0.25) is 5.02 Å². The second-order valence-corrected chi connectivity index (χ2v) is 8.66. The molecular weight excluding hydrogens is 364 g/mol. The molecule has 0 aromatic heterocycles. The van der Waals surface area contributed by atoms with Crippen LogP contribution in [0.1, 0.15) is 25.3 Å². The molecule has 1 aliphatic heterocycles. The topological polar surface area (TPSA) is 66.9 Å². The monoisotopic (exact) mass is 388 g/mol. The lowest BCUT2D eigenvalue weighted by atomic mass is 10.2. The Morgan fingerprint density at radius 2 is 2.00 bits per heavy atom. The van der Waals surface area contributed by atoms with Gasteiger partial charge >= 0.3 is 5.97 Å². The van der Waals surface area contributed by atoms with Crippen LogP contribution >= 0.6 is 11.6 Å². The molecule has 6 nitrogen and oxygen atoms in total. The number of hydrogen-bond donors (Lipinski definition) is 0. The Kier molecular flexibility index (Phi) is 7.25. The number of unbranched alkanes of at least 4 members (excludes halogenated alkanes) is 1. The van der Waals surface area contributed by atoms with Crippen molar-refractivity contribution in [3.63, 3.8) is 0 Å². The third kappa shape index (κ3) is 5.41. The van der Waals surface area contributed by atoms with Gasteiger partial charge in [0.15, 0.2) is 0 Å². The van der Waals surface area contributed by atoms with Gasteiger partial charge in [-0.3, -0.25) is 4.79 Å². The van der Waals surface area contributed by atoms with E-state index in [0.717, 1.165) is 24.9 Å². The summed E-state index contributed by atoms with van der Waals surface area (Å²) in [4.78, 5) is 14.3. The standard InChI is InChI=1S/C17H25ClN2O4S/c1-3-4-9-19-10-11-25(22,23)20(16(13-19)17(21)24-2)12-14-5-7-15(18)8-6-14/h5-8,16H,3-4,9-13H2,1-2H3. The van der Waals surface area contributed by atoms with Crippen molar-refractivity contribution in [1.29, 1.82) is 0 Å². The normalized spacial score (nSPS) is 21.6. The summed E-state index contributed by atoms with van der Waals surface area (Å²) in [7, 11) is -2.28. The van der Waals surface area contributed by atoms with Crippen LogP contribution in [-0.4, -0.2) is 62.1 Å². The Morgan fingerprint density at radius 3 is 2.60 bits per heavy atom. The van der Waals surface area contributed by atoms with E-state index in [1.807, 2.05) is 4.90 Å². The van der Waals surface area contributed by atoms with Gasteiger partial charge in [-0.05, 0) is 30.7 Å². The Morgan fingerprint density at radius 1 is 1.32 bits per heavy atom. The molecule has 1 heterocycles. The molecule has 1 atom stereocenters. The van der Waals surface area contributed by atoms with Crippen LogP contribution in [-0.2, 0) is 26.1 Å². The summed E-state index contributed by atoms with van der Waals surface area (Å²) in [5.74, 6) is -0.529. The summed E-state index contributed by atoms with van der Waals surface area (Å²) < 4.78 is 31.7. The first-order valence-corrected chi connectivity index (χ1v) is 10.4. The van der Waals surface area contributed by atoms with E-state index in [1.165, 1.54) is 11.4 Å². The van der Waals surface area contributed by atoms with Gasteiger partial charge in [0, 0.05) is 24.7 Å². The van der Waals surface area contributed by atoms with Crippen molar-refractivity contribution in [3.8, 4) is 0 Å². The zero-order valence-electron chi connectivity index (χ0n) is 14.7. The second kappa shape index (κ2) is 8.98. The number of esters is 1. The van der Waals surface area contributed by atoms with E-state index >= 15 is 0 Å². The third-order valence-corrected chi connectivity index (χ3v) is 6.40. The number of carbonyl (C=O) groups excluding carboxylic acids is 1. The Bertz CT molecular complexity index is 678. The van der Waals surface area contributed by atoms with Crippen LogP contribution in [0, 0.1) is 0 Å². The zero-order chi connectivity index (χ0) is 18.4. The predicted octanol–water partition coefficient (Wildman–Crippen LogP) is 2.13. The van der Waals surface area contributed by atoms with E-state index in [-0.39, 0.29) is 12.3 Å². The summed E-state index contributed by atoms with van der Waals surface area (Å²) in [6, 6.07) is 6.12. The highest BCUT2D eigenvalue weighted by atomic mass is 35.5. The summed E-state index contributed by atoms with van der Waals surface area (Å²) in [6.07, 6.45) is 1.98. The number of carbonyl (C=O) groups is 1. The maximum absolute atomic E-state index is 12.8. The molecule has 0 bridgehead atoms. The van der Waals surface area contributed by atoms with Crippen LogP contribution < -0.4 is 0 Å². The number of sulfonamides is 1. The van der Waals surface area contributed by atoms with E-state index in [2.05, 4.69) is 6.92 Å². The van der Waals surface area contributed by atoms with Crippen LogP contribution in [0.5, 0.6) is 0 Å². The quantitative estimate of drug-likeness (QED) is 0.698. The summed E-state index contributed by atoms with van der Waals surface area (Å²) in [6.45, 7) is 3.75. The van der Waals surface area contributed by atoms with Gasteiger partial charge in [-0.15, -0.1) is 0 Å². The van der Waals surface area contributed by atoms with Gasteiger partial charge in [0.2, 0.25) is 10.0 Å². The molecule has 1 aromatic rings. The highest BCUT2D eigenvalue weighted by molar-refractivity contribution is 7.89. The van der Waals surface area contributed by atoms with E-state index in [0.29, 0.717) is 18.1 Å². The molecule has 1 unspecified atom stereocenters.